The van der Waals surface area contributed by atoms with Crippen LogP contribution >= 0.6 is 27.5 Å². The fourth-order valence-corrected chi connectivity index (χ4v) is 4.06. The van der Waals surface area contributed by atoms with Crippen LogP contribution in [-0.2, 0) is 5.41 Å². The summed E-state index contributed by atoms with van der Waals surface area (Å²) in [5, 5.41) is 2.36. The van der Waals surface area contributed by atoms with Gasteiger partial charge in [-0.15, -0.1) is 0 Å². The quantitative estimate of drug-likeness (QED) is 0.821. The lowest BCUT2D eigenvalue weighted by Gasteiger charge is -2.36. The second-order valence-corrected chi connectivity index (χ2v) is 6.28. The van der Waals surface area contributed by atoms with Crippen LogP contribution in [0.25, 0.3) is 10.9 Å². The van der Waals surface area contributed by atoms with Crippen LogP contribution in [-0.4, -0.2) is 15.3 Å². The molecular formula is C16H14BrClN2O. The molecule has 1 aromatic carbocycles. The van der Waals surface area contributed by atoms with Gasteiger partial charge in [-0.25, -0.2) is 4.79 Å². The lowest BCUT2D eigenvalue weighted by Crippen LogP contribution is -2.37. The molecule has 1 aromatic heterocycles. The van der Waals surface area contributed by atoms with E-state index >= 15 is 0 Å². The topological polar surface area (TPSA) is 45.8 Å². The predicted molar refractivity (Wildman–Crippen MR) is 90.1 cm³/mol. The van der Waals surface area contributed by atoms with Gasteiger partial charge in [0, 0.05) is 26.9 Å². The summed E-state index contributed by atoms with van der Waals surface area (Å²) in [6, 6.07) is 7.68. The second-order valence-electron chi connectivity index (χ2n) is 5.28. The molecule has 0 amide bonds. The molecule has 0 bridgehead atoms. The molecule has 1 aliphatic carbocycles. The Labute approximate surface area is 135 Å². The van der Waals surface area contributed by atoms with E-state index in [-0.39, 0.29) is 17.0 Å². The maximum Gasteiger partial charge on any atom is 0.345 e. The summed E-state index contributed by atoms with van der Waals surface area (Å²) < 4.78 is 0. The van der Waals surface area contributed by atoms with Crippen LogP contribution in [0.2, 0.25) is 0 Å². The van der Waals surface area contributed by atoms with Crippen LogP contribution in [0.3, 0.4) is 0 Å². The number of nitrogens with zero attached hydrogens (tertiary/aromatic N) is 1. The Morgan fingerprint density at radius 3 is 2.90 bits per heavy atom. The third-order valence-corrected chi connectivity index (χ3v) is 5.26. The van der Waals surface area contributed by atoms with Gasteiger partial charge in [-0.2, -0.15) is 4.98 Å². The average molecular weight is 366 g/mol. The third-order valence-electron chi connectivity index (χ3n) is 4.08. The summed E-state index contributed by atoms with van der Waals surface area (Å²) in [4.78, 5) is 18.9. The number of halogens is 2. The molecule has 108 valence electrons. The van der Waals surface area contributed by atoms with E-state index in [1.54, 1.807) is 0 Å². The number of fused-ring (bicyclic) bond motifs is 1. The Morgan fingerprint density at radius 1 is 1.43 bits per heavy atom. The van der Waals surface area contributed by atoms with Crippen LogP contribution in [0.1, 0.15) is 12.6 Å². The molecule has 1 aliphatic rings. The molecule has 0 fully saturated rings. The fraction of sp³-hybridized carbons (Fsp3) is 0.250. The monoisotopic (exact) mass is 364 g/mol. The maximum atomic E-state index is 11.9. The molecule has 2 atom stereocenters. The molecule has 2 unspecified atom stereocenters. The summed E-state index contributed by atoms with van der Waals surface area (Å²) in [7, 11) is 0. The lowest BCUT2D eigenvalue weighted by molar-refractivity contribution is 0.457. The summed E-state index contributed by atoms with van der Waals surface area (Å²) in [5.74, 6) is 0.149. The van der Waals surface area contributed by atoms with E-state index in [4.69, 9.17) is 11.6 Å². The third kappa shape index (κ3) is 2.36. The van der Waals surface area contributed by atoms with Crippen molar-refractivity contribution in [3.05, 3.63) is 63.7 Å². The van der Waals surface area contributed by atoms with Crippen LogP contribution in [0.15, 0.2) is 52.3 Å². The number of hydrogen-bond donors (Lipinski definition) is 1. The van der Waals surface area contributed by atoms with Crippen molar-refractivity contribution in [2.45, 2.75) is 12.3 Å². The number of rotatable bonds is 2. The van der Waals surface area contributed by atoms with E-state index in [1.165, 1.54) is 0 Å². The Hall–Kier alpha value is -1.39. The number of para-hydroxylation sites is 1. The zero-order valence-electron chi connectivity index (χ0n) is 11.4. The van der Waals surface area contributed by atoms with Gasteiger partial charge in [-0.05, 0) is 18.1 Å². The molecule has 0 spiro atoms. The summed E-state index contributed by atoms with van der Waals surface area (Å²) in [6.07, 6.45) is 5.96. The number of nitrogens with one attached hydrogen (secondary N) is 1. The Kier molecular flexibility index (Phi) is 3.76. The van der Waals surface area contributed by atoms with Gasteiger partial charge in [0.1, 0.15) is 0 Å². The molecule has 1 heterocycles. The van der Waals surface area contributed by atoms with Crippen molar-refractivity contribution in [1.29, 1.82) is 0 Å². The van der Waals surface area contributed by atoms with Gasteiger partial charge in [-0.1, -0.05) is 64.8 Å². The fourth-order valence-electron chi connectivity index (χ4n) is 2.83. The van der Waals surface area contributed by atoms with Crippen molar-refractivity contribution < 1.29 is 0 Å². The minimum absolute atomic E-state index is 0.149. The number of aromatic nitrogens is 2. The van der Waals surface area contributed by atoms with E-state index in [9.17, 15) is 4.79 Å². The highest BCUT2D eigenvalue weighted by Gasteiger charge is 2.38. The Balaban J connectivity index is 2.33. The summed E-state index contributed by atoms with van der Waals surface area (Å²) >= 11 is 9.72. The first-order valence-corrected chi connectivity index (χ1v) is 8.19. The number of H-pyrrole nitrogens is 1. The van der Waals surface area contributed by atoms with Crippen molar-refractivity contribution in [2.24, 2.45) is 5.92 Å². The molecular weight excluding hydrogens is 352 g/mol. The number of allylic oxidation sites excluding steroid dienone is 4. The highest BCUT2D eigenvalue weighted by atomic mass is 79.9. The Morgan fingerprint density at radius 2 is 2.19 bits per heavy atom. The zero-order valence-corrected chi connectivity index (χ0v) is 13.8. The van der Waals surface area contributed by atoms with E-state index in [0.717, 1.165) is 16.1 Å². The number of aromatic amines is 1. The van der Waals surface area contributed by atoms with Crippen molar-refractivity contribution in [1.82, 2.24) is 9.97 Å². The number of alkyl halides is 1. The standard InChI is InChI=1S/C16H14BrClN2O/c1-10-8-11(18)6-7-16(10,9-17)14-12-4-2-3-5-13(12)19-15(21)20-14/h2-8,10H,9H2,1H3,(H,19,20,21). The predicted octanol–water partition coefficient (Wildman–Crippen LogP) is 3.88. The number of hydrogen-bond acceptors (Lipinski definition) is 2. The van der Waals surface area contributed by atoms with Crippen LogP contribution < -0.4 is 5.69 Å². The normalized spacial score (nSPS) is 25.1. The molecule has 3 rings (SSSR count). The lowest BCUT2D eigenvalue weighted by atomic mass is 9.72. The van der Waals surface area contributed by atoms with Crippen LogP contribution in [0, 0.1) is 5.92 Å². The molecule has 0 radical (unpaired) electrons. The van der Waals surface area contributed by atoms with Gasteiger partial charge < -0.3 is 4.98 Å². The van der Waals surface area contributed by atoms with Gasteiger partial charge >= 0.3 is 5.69 Å². The highest BCUT2D eigenvalue weighted by Crippen LogP contribution is 2.41. The van der Waals surface area contributed by atoms with E-state index in [2.05, 4.69) is 38.9 Å². The molecule has 0 saturated carbocycles. The Bertz CT molecular complexity index is 811. The second kappa shape index (κ2) is 5.43. The molecule has 0 saturated heterocycles. The van der Waals surface area contributed by atoms with Crippen molar-refractivity contribution >= 4 is 38.4 Å². The minimum atomic E-state index is -0.347. The largest absolute Gasteiger partial charge is 0.345 e. The number of benzene rings is 1. The molecule has 21 heavy (non-hydrogen) atoms. The van der Waals surface area contributed by atoms with E-state index < -0.39 is 0 Å². The van der Waals surface area contributed by atoms with Gasteiger partial charge in [0.15, 0.2) is 0 Å². The molecule has 0 aliphatic heterocycles. The van der Waals surface area contributed by atoms with E-state index in [0.29, 0.717) is 10.8 Å². The van der Waals surface area contributed by atoms with Gasteiger partial charge in [-0.3, -0.25) is 0 Å². The smallest absolute Gasteiger partial charge is 0.308 e. The molecule has 2 aromatic rings. The van der Waals surface area contributed by atoms with Crippen molar-refractivity contribution in [3.8, 4) is 0 Å². The van der Waals surface area contributed by atoms with Crippen LogP contribution in [0.5, 0.6) is 0 Å². The molecule has 1 N–H and O–H groups in total. The van der Waals surface area contributed by atoms with Crippen molar-refractivity contribution in [3.63, 3.8) is 0 Å². The van der Waals surface area contributed by atoms with Crippen LogP contribution in [0.4, 0.5) is 0 Å². The molecule has 5 heteroatoms. The van der Waals surface area contributed by atoms with Gasteiger partial charge in [0.2, 0.25) is 0 Å². The molecule has 3 nitrogen and oxygen atoms in total. The first-order chi connectivity index (χ1) is 10.1. The van der Waals surface area contributed by atoms with E-state index in [1.807, 2.05) is 36.4 Å². The van der Waals surface area contributed by atoms with Gasteiger partial charge in [0.25, 0.3) is 0 Å². The van der Waals surface area contributed by atoms with Gasteiger partial charge in [0.05, 0.1) is 5.52 Å². The zero-order chi connectivity index (χ0) is 15.0. The SMILES string of the molecule is CC1C=C(Cl)C=CC1(CBr)c1[nH]c(=O)nc2ccccc12. The average Bonchev–Trinajstić information content (AvgIpc) is 2.47. The van der Waals surface area contributed by atoms with Crippen molar-refractivity contribution in [2.75, 3.05) is 5.33 Å². The highest BCUT2D eigenvalue weighted by molar-refractivity contribution is 9.09. The summed E-state index contributed by atoms with van der Waals surface area (Å²) in [5.41, 5.74) is 0.905. The minimum Gasteiger partial charge on any atom is -0.308 e. The first kappa shape index (κ1) is 14.5. The maximum absolute atomic E-state index is 11.9. The first-order valence-electron chi connectivity index (χ1n) is 6.69. The summed E-state index contributed by atoms with van der Waals surface area (Å²) in [6.45, 7) is 2.10.